The number of nitrogens with zero attached hydrogens (tertiary/aromatic N) is 2. The van der Waals surface area contributed by atoms with E-state index in [1.165, 1.54) is 17.9 Å². The Balaban J connectivity index is 1.41. The summed E-state index contributed by atoms with van der Waals surface area (Å²) in [4.78, 5) is 18.1. The Hall–Kier alpha value is -2.94. The number of aromatic nitrogens is 1. The van der Waals surface area contributed by atoms with Gasteiger partial charge in [-0.25, -0.2) is 13.8 Å². The molecule has 154 valence electrons. The summed E-state index contributed by atoms with van der Waals surface area (Å²) < 4.78 is 31.9. The molecule has 1 saturated carbocycles. The van der Waals surface area contributed by atoms with E-state index in [1.807, 2.05) is 0 Å². The fraction of sp³-hybridized carbons (Fsp3) is 0.400. The molecule has 29 heavy (non-hydrogen) atoms. The second kappa shape index (κ2) is 6.84. The number of likely N-dealkylation sites (N-methyl/N-ethyl adjacent to an activating group) is 1. The van der Waals surface area contributed by atoms with Gasteiger partial charge in [-0.05, 0) is 26.0 Å². The zero-order valence-corrected chi connectivity index (χ0v) is 16.3. The van der Waals surface area contributed by atoms with Crippen molar-refractivity contribution in [3.8, 4) is 5.75 Å². The van der Waals surface area contributed by atoms with Crippen molar-refractivity contribution in [1.82, 2.24) is 4.98 Å². The highest BCUT2D eigenvalue weighted by atomic mass is 19.2. The van der Waals surface area contributed by atoms with E-state index >= 15 is 0 Å². The number of anilines is 3. The second-order valence-electron chi connectivity index (χ2n) is 7.65. The van der Waals surface area contributed by atoms with Gasteiger partial charge in [-0.3, -0.25) is 4.79 Å². The Morgan fingerprint density at radius 1 is 1.31 bits per heavy atom. The normalized spacial score (nSPS) is 25.7. The summed E-state index contributed by atoms with van der Waals surface area (Å²) in [6.45, 7) is 3.22. The van der Waals surface area contributed by atoms with Gasteiger partial charge in [0.05, 0.1) is 17.1 Å². The number of carbonyl (C=O) groups is 1. The topological polar surface area (TPSA) is 86.7 Å². The number of pyridine rings is 1. The summed E-state index contributed by atoms with van der Waals surface area (Å²) in [6, 6.07) is 5.38. The molecule has 0 saturated heterocycles. The van der Waals surface area contributed by atoms with E-state index in [9.17, 15) is 18.7 Å². The predicted octanol–water partition coefficient (Wildman–Crippen LogP) is 2.79. The lowest BCUT2D eigenvalue weighted by Gasteiger charge is -2.40. The van der Waals surface area contributed by atoms with Crippen LogP contribution in [0.3, 0.4) is 0 Å². The fourth-order valence-electron chi connectivity index (χ4n) is 3.50. The van der Waals surface area contributed by atoms with E-state index in [1.54, 1.807) is 20.0 Å². The molecule has 1 fully saturated rings. The lowest BCUT2D eigenvalue weighted by Crippen LogP contribution is -2.56. The Morgan fingerprint density at radius 3 is 2.72 bits per heavy atom. The minimum atomic E-state index is -1.65. The molecule has 0 bridgehead atoms. The van der Waals surface area contributed by atoms with Crippen LogP contribution in [0.5, 0.6) is 5.75 Å². The monoisotopic (exact) mass is 404 g/mol. The molecule has 2 aliphatic rings. The Kier molecular flexibility index (Phi) is 4.57. The lowest BCUT2D eigenvalue weighted by atomic mass is 9.89. The first-order valence-corrected chi connectivity index (χ1v) is 9.32. The number of hydrogen-bond acceptors (Lipinski definition) is 6. The fourth-order valence-corrected chi connectivity index (χ4v) is 3.50. The van der Waals surface area contributed by atoms with Crippen molar-refractivity contribution < 1.29 is 23.4 Å². The Morgan fingerprint density at radius 2 is 2.03 bits per heavy atom. The van der Waals surface area contributed by atoms with Gasteiger partial charge in [-0.1, -0.05) is 0 Å². The molecule has 1 aromatic heterocycles. The highest BCUT2D eigenvalue weighted by Gasteiger charge is 2.41. The summed E-state index contributed by atoms with van der Waals surface area (Å²) in [5.74, 6) is -1.42. The zero-order valence-electron chi connectivity index (χ0n) is 16.3. The molecule has 0 radical (unpaired) electrons. The number of aryl methyl sites for hydroxylation is 1. The number of halogens is 2. The summed E-state index contributed by atoms with van der Waals surface area (Å²) in [5, 5.41) is 16.4. The van der Waals surface area contributed by atoms with E-state index in [2.05, 4.69) is 15.6 Å². The van der Waals surface area contributed by atoms with Crippen LogP contribution in [0.4, 0.5) is 26.0 Å². The van der Waals surface area contributed by atoms with Gasteiger partial charge < -0.3 is 25.4 Å². The molecule has 1 aliphatic carbocycles. The molecule has 0 unspecified atom stereocenters. The van der Waals surface area contributed by atoms with Gasteiger partial charge in [-0.2, -0.15) is 0 Å². The van der Waals surface area contributed by atoms with Crippen molar-refractivity contribution in [3.05, 3.63) is 41.6 Å². The van der Waals surface area contributed by atoms with E-state index < -0.39 is 23.3 Å². The van der Waals surface area contributed by atoms with Gasteiger partial charge in [0, 0.05) is 38.1 Å². The number of hydrogen-bond donors (Lipinski definition) is 3. The molecule has 2 heterocycles. The maximum Gasteiger partial charge on any atom is 0.277 e. The third-order valence-electron chi connectivity index (χ3n) is 5.50. The van der Waals surface area contributed by atoms with E-state index in [0.717, 1.165) is 12.1 Å². The maximum absolute atomic E-state index is 13.3. The number of amides is 1. The molecule has 1 aliphatic heterocycles. The number of nitrogens with one attached hydrogen (secondary N) is 2. The van der Waals surface area contributed by atoms with Gasteiger partial charge >= 0.3 is 0 Å². The van der Waals surface area contributed by atoms with Gasteiger partial charge in [0.2, 0.25) is 5.72 Å². The summed E-state index contributed by atoms with van der Waals surface area (Å²) in [5.41, 5.74) is 0.216. The molecule has 3 N–H and O–H groups in total. The number of ether oxygens (including phenoxy) is 1. The minimum Gasteiger partial charge on any atom is -0.490 e. The van der Waals surface area contributed by atoms with Crippen LogP contribution in [-0.4, -0.2) is 40.9 Å². The third-order valence-corrected chi connectivity index (χ3v) is 5.50. The van der Waals surface area contributed by atoms with Crippen molar-refractivity contribution in [2.45, 2.75) is 44.6 Å². The quantitative estimate of drug-likeness (QED) is 0.727. The van der Waals surface area contributed by atoms with Gasteiger partial charge in [-0.15, -0.1) is 0 Å². The highest BCUT2D eigenvalue weighted by Crippen LogP contribution is 2.38. The molecule has 2 aromatic rings. The van der Waals surface area contributed by atoms with Crippen LogP contribution >= 0.6 is 0 Å². The van der Waals surface area contributed by atoms with Crippen LogP contribution in [0.1, 0.15) is 25.5 Å². The first-order chi connectivity index (χ1) is 13.6. The van der Waals surface area contributed by atoms with Crippen molar-refractivity contribution in [3.63, 3.8) is 0 Å². The minimum absolute atomic E-state index is 0.0984. The van der Waals surface area contributed by atoms with Crippen LogP contribution in [0.2, 0.25) is 0 Å². The van der Waals surface area contributed by atoms with Gasteiger partial charge in [0.1, 0.15) is 17.7 Å². The molecule has 9 heteroatoms. The Labute approximate surface area is 166 Å². The molecule has 1 aromatic carbocycles. The molecular weight excluding hydrogens is 382 g/mol. The molecule has 4 rings (SSSR count). The zero-order chi connectivity index (χ0) is 20.9. The largest absolute Gasteiger partial charge is 0.490 e. The van der Waals surface area contributed by atoms with Crippen LogP contribution in [0.25, 0.3) is 0 Å². The molecule has 1 atom stereocenters. The predicted molar refractivity (Wildman–Crippen MR) is 104 cm³/mol. The maximum atomic E-state index is 13.3. The number of fused-ring (bicyclic) bond motifs is 1. The first-order valence-electron chi connectivity index (χ1n) is 9.32. The SMILES string of the molecule is Cc1nc(N[C@H]2C[C@H](Oc3ccc(F)c(F)c3)C2)cc2c1NC(=O)[C@@](C)(O)N2C. The van der Waals surface area contributed by atoms with Crippen LogP contribution in [-0.2, 0) is 4.79 Å². The number of aliphatic hydroxyl groups is 1. The van der Waals surface area contributed by atoms with E-state index in [4.69, 9.17) is 4.74 Å². The van der Waals surface area contributed by atoms with Crippen LogP contribution < -0.4 is 20.3 Å². The van der Waals surface area contributed by atoms with Crippen LogP contribution in [0, 0.1) is 18.6 Å². The second-order valence-corrected chi connectivity index (χ2v) is 7.65. The van der Waals surface area contributed by atoms with Gasteiger partial charge in [0.25, 0.3) is 5.91 Å². The third kappa shape index (κ3) is 3.46. The molecule has 0 spiro atoms. The Bertz CT molecular complexity index is 976. The summed E-state index contributed by atoms with van der Waals surface area (Å²) in [7, 11) is 1.65. The van der Waals surface area contributed by atoms with Crippen molar-refractivity contribution >= 4 is 23.1 Å². The summed E-state index contributed by atoms with van der Waals surface area (Å²) in [6.07, 6.45) is 1.26. The summed E-state index contributed by atoms with van der Waals surface area (Å²) >= 11 is 0. The van der Waals surface area contributed by atoms with Crippen LogP contribution in [0.15, 0.2) is 24.3 Å². The van der Waals surface area contributed by atoms with Crippen molar-refractivity contribution in [2.75, 3.05) is 22.6 Å². The number of rotatable bonds is 4. The van der Waals surface area contributed by atoms with E-state index in [-0.39, 0.29) is 12.1 Å². The first kappa shape index (κ1) is 19.4. The molecule has 7 nitrogen and oxygen atoms in total. The standard InChI is InChI=1S/C20H22F2N4O3/c1-10-18-16(26(3)20(2,28)19(27)25-18)9-17(23-10)24-11-6-13(7-11)29-12-4-5-14(21)15(22)8-12/h4-5,8-9,11,13,28H,6-7H2,1-3H3,(H,23,24)(H,25,27)/t11-,13-,20-/m1/s1. The van der Waals surface area contributed by atoms with Crippen molar-refractivity contribution in [1.29, 1.82) is 0 Å². The lowest BCUT2D eigenvalue weighted by molar-refractivity contribution is -0.132. The van der Waals surface area contributed by atoms with E-state index in [0.29, 0.717) is 41.5 Å². The average molecular weight is 404 g/mol. The van der Waals surface area contributed by atoms with Gasteiger partial charge in [0.15, 0.2) is 11.6 Å². The number of benzene rings is 1. The molecular formula is C20H22F2N4O3. The smallest absolute Gasteiger partial charge is 0.277 e. The highest BCUT2D eigenvalue weighted by molar-refractivity contribution is 6.05. The number of carbonyl (C=O) groups excluding carboxylic acids is 1. The average Bonchev–Trinajstić information content (AvgIpc) is 2.62. The van der Waals surface area contributed by atoms with Crippen molar-refractivity contribution in [2.24, 2.45) is 0 Å². The molecule has 1 amide bonds.